The van der Waals surface area contributed by atoms with Crippen molar-refractivity contribution in [3.8, 4) is 11.1 Å². The predicted octanol–water partition coefficient (Wildman–Crippen LogP) is 3.90. The second-order valence-electron chi connectivity index (χ2n) is 9.36. The van der Waals surface area contributed by atoms with Crippen molar-refractivity contribution in [2.45, 2.75) is 50.9 Å². The number of amides is 2. The van der Waals surface area contributed by atoms with Gasteiger partial charge in [-0.05, 0) is 49.4 Å². The average molecular weight is 439 g/mol. The van der Waals surface area contributed by atoms with Crippen LogP contribution >= 0.6 is 0 Å². The zero-order valence-electron chi connectivity index (χ0n) is 18.7. The van der Waals surface area contributed by atoms with Crippen molar-refractivity contribution in [2.75, 3.05) is 19.7 Å². The second-order valence-corrected chi connectivity index (χ2v) is 9.36. The summed E-state index contributed by atoms with van der Waals surface area (Å²) in [5.41, 5.74) is 4.03. The van der Waals surface area contributed by atoms with Gasteiger partial charge in [0.1, 0.15) is 12.2 Å². The summed E-state index contributed by atoms with van der Waals surface area (Å²) in [5.74, 6) is -0.0212. The molecular weight excluding hydrogens is 408 g/mol. The Morgan fingerprint density at radius 2 is 1.66 bits per heavy atom. The van der Waals surface area contributed by atoms with Crippen molar-refractivity contribution in [1.82, 2.24) is 10.2 Å². The third kappa shape index (κ3) is 4.72. The molecule has 2 aliphatic rings. The van der Waals surface area contributed by atoms with Gasteiger partial charge in [0, 0.05) is 12.5 Å². The van der Waals surface area contributed by atoms with E-state index in [2.05, 4.69) is 29.6 Å². The highest BCUT2D eigenvalue weighted by Gasteiger charge is 2.34. The molecule has 2 aromatic carbocycles. The highest BCUT2D eigenvalue weighted by Crippen LogP contribution is 2.44. The molecule has 7 nitrogen and oxygen atoms in total. The van der Waals surface area contributed by atoms with Crippen LogP contribution in [0, 0.1) is 0 Å². The Kier molecular flexibility index (Phi) is 6.11. The Hall–Kier alpha value is -3.06. The van der Waals surface area contributed by atoms with Gasteiger partial charge in [-0.2, -0.15) is 0 Å². The number of aliphatic hydroxyl groups is 1. The highest BCUT2D eigenvalue weighted by atomic mass is 16.6. The minimum atomic E-state index is -0.892. The first-order valence-corrected chi connectivity index (χ1v) is 11.0. The number of alkyl carbamates (subject to hydrolysis) is 1. The van der Waals surface area contributed by atoms with E-state index in [1.807, 2.05) is 24.3 Å². The number of β-amino-alcohol motifs (C(OH)–C–C–N with tert-alkyl or cyclic N) is 1. The number of nitrogens with one attached hydrogen (secondary N) is 1. The summed E-state index contributed by atoms with van der Waals surface area (Å²) >= 11 is 0. The average Bonchev–Trinajstić information content (AvgIpc) is 3.06. The number of likely N-dealkylation sites (tertiary alicyclic amines) is 1. The van der Waals surface area contributed by atoms with Gasteiger partial charge in [0.2, 0.25) is 0 Å². The molecule has 1 aliphatic heterocycles. The maximum absolute atomic E-state index is 12.5. The number of piperidine rings is 1. The molecule has 0 bridgehead atoms. The van der Waals surface area contributed by atoms with Crippen LogP contribution in [0.4, 0.5) is 9.59 Å². The Bertz CT molecular complexity index is 954. The predicted molar refractivity (Wildman–Crippen MR) is 120 cm³/mol. The van der Waals surface area contributed by atoms with Gasteiger partial charge in [0.25, 0.3) is 0 Å². The number of aliphatic hydroxyl groups excluding tert-OH is 1. The van der Waals surface area contributed by atoms with Gasteiger partial charge in [-0.15, -0.1) is 0 Å². The molecule has 0 aromatic heterocycles. The molecule has 1 aliphatic carbocycles. The van der Waals surface area contributed by atoms with Crippen LogP contribution in [0.1, 0.15) is 44.2 Å². The van der Waals surface area contributed by atoms with E-state index in [0.717, 1.165) is 11.1 Å². The van der Waals surface area contributed by atoms with Gasteiger partial charge >= 0.3 is 12.2 Å². The summed E-state index contributed by atoms with van der Waals surface area (Å²) in [4.78, 5) is 26.2. The molecule has 0 radical (unpaired) electrons. The van der Waals surface area contributed by atoms with Crippen LogP contribution in [0.3, 0.4) is 0 Å². The van der Waals surface area contributed by atoms with Gasteiger partial charge in [-0.3, -0.25) is 0 Å². The topological polar surface area (TPSA) is 88.1 Å². The summed E-state index contributed by atoms with van der Waals surface area (Å²) in [6, 6.07) is 15.8. The Morgan fingerprint density at radius 1 is 1.06 bits per heavy atom. The number of benzene rings is 2. The molecule has 2 atom stereocenters. The van der Waals surface area contributed by atoms with E-state index < -0.39 is 29.9 Å². The number of hydrogen-bond acceptors (Lipinski definition) is 5. The zero-order valence-corrected chi connectivity index (χ0v) is 18.7. The fourth-order valence-electron chi connectivity index (χ4n) is 4.38. The molecule has 4 rings (SSSR count). The summed E-state index contributed by atoms with van der Waals surface area (Å²) in [5, 5.41) is 13.2. The maximum atomic E-state index is 12.5. The molecule has 1 heterocycles. The van der Waals surface area contributed by atoms with Crippen LogP contribution in [0.15, 0.2) is 48.5 Å². The summed E-state index contributed by atoms with van der Waals surface area (Å²) in [6.07, 6.45) is -1.50. The zero-order chi connectivity index (χ0) is 22.9. The van der Waals surface area contributed by atoms with Crippen LogP contribution in [0.25, 0.3) is 11.1 Å². The lowest BCUT2D eigenvalue weighted by atomic mass is 9.98. The first kappa shape index (κ1) is 22.1. The monoisotopic (exact) mass is 438 g/mol. The minimum Gasteiger partial charge on any atom is -0.449 e. The van der Waals surface area contributed by atoms with Crippen LogP contribution in [-0.4, -0.2) is 59.6 Å². The summed E-state index contributed by atoms with van der Waals surface area (Å²) in [6.45, 7) is 6.10. The molecule has 2 amide bonds. The number of ether oxygens (including phenoxy) is 2. The molecule has 32 heavy (non-hydrogen) atoms. The van der Waals surface area contributed by atoms with E-state index in [9.17, 15) is 14.7 Å². The SMILES string of the molecule is CC(C)(C)OC(=O)N1CC[C@@H](NC(=O)OCC2c3ccccc3-c3ccccc32)[C@H](O)C1. The lowest BCUT2D eigenvalue weighted by Gasteiger charge is -2.36. The molecule has 2 aromatic rings. The van der Waals surface area contributed by atoms with E-state index in [0.29, 0.717) is 13.0 Å². The van der Waals surface area contributed by atoms with Crippen LogP contribution < -0.4 is 5.32 Å². The smallest absolute Gasteiger partial charge is 0.410 e. The van der Waals surface area contributed by atoms with Gasteiger partial charge < -0.3 is 24.8 Å². The molecule has 170 valence electrons. The van der Waals surface area contributed by atoms with Crippen molar-refractivity contribution in [1.29, 1.82) is 0 Å². The molecular formula is C25H30N2O5. The second kappa shape index (κ2) is 8.82. The van der Waals surface area contributed by atoms with Crippen LogP contribution in [0.2, 0.25) is 0 Å². The van der Waals surface area contributed by atoms with Crippen molar-refractivity contribution in [3.05, 3.63) is 59.7 Å². The normalized spacial score (nSPS) is 20.3. The van der Waals surface area contributed by atoms with Crippen LogP contribution in [-0.2, 0) is 9.47 Å². The number of nitrogens with zero attached hydrogens (tertiary/aromatic N) is 1. The highest BCUT2D eigenvalue weighted by molar-refractivity contribution is 5.79. The number of fused-ring (bicyclic) bond motifs is 3. The van der Waals surface area contributed by atoms with Gasteiger partial charge in [-0.25, -0.2) is 9.59 Å². The van der Waals surface area contributed by atoms with Gasteiger partial charge in [0.05, 0.1) is 18.7 Å². The largest absolute Gasteiger partial charge is 0.449 e. The summed E-state index contributed by atoms with van der Waals surface area (Å²) < 4.78 is 10.9. The van der Waals surface area contributed by atoms with Gasteiger partial charge in [-0.1, -0.05) is 48.5 Å². The lowest BCUT2D eigenvalue weighted by molar-refractivity contribution is -0.00466. The fraction of sp³-hybridized carbons (Fsp3) is 0.440. The number of carbonyl (C=O) groups excluding carboxylic acids is 2. The quantitative estimate of drug-likeness (QED) is 0.759. The fourth-order valence-corrected chi connectivity index (χ4v) is 4.38. The molecule has 0 saturated carbocycles. The van der Waals surface area contributed by atoms with Crippen molar-refractivity contribution >= 4 is 12.2 Å². The Morgan fingerprint density at radius 3 is 2.22 bits per heavy atom. The van der Waals surface area contributed by atoms with Crippen molar-refractivity contribution in [3.63, 3.8) is 0 Å². The lowest BCUT2D eigenvalue weighted by Crippen LogP contribution is -2.56. The van der Waals surface area contributed by atoms with E-state index in [1.165, 1.54) is 16.0 Å². The number of rotatable bonds is 3. The number of carbonyl (C=O) groups is 2. The van der Waals surface area contributed by atoms with E-state index in [-0.39, 0.29) is 19.1 Å². The van der Waals surface area contributed by atoms with E-state index >= 15 is 0 Å². The Balaban J connectivity index is 1.32. The molecule has 1 saturated heterocycles. The molecule has 7 heteroatoms. The van der Waals surface area contributed by atoms with Gasteiger partial charge in [0.15, 0.2) is 0 Å². The molecule has 0 spiro atoms. The molecule has 0 unspecified atom stereocenters. The first-order chi connectivity index (χ1) is 15.2. The molecule has 2 N–H and O–H groups in total. The van der Waals surface area contributed by atoms with Crippen LogP contribution in [0.5, 0.6) is 0 Å². The first-order valence-electron chi connectivity index (χ1n) is 11.0. The van der Waals surface area contributed by atoms with E-state index in [4.69, 9.17) is 9.47 Å². The summed E-state index contributed by atoms with van der Waals surface area (Å²) in [7, 11) is 0. The third-order valence-corrected chi connectivity index (χ3v) is 5.88. The van der Waals surface area contributed by atoms with E-state index in [1.54, 1.807) is 20.8 Å². The Labute approximate surface area is 188 Å². The number of hydrogen-bond donors (Lipinski definition) is 2. The minimum absolute atomic E-state index is 0.0212. The standard InChI is InChI=1S/C25H30N2O5/c1-25(2,3)32-24(30)27-13-12-21(22(28)14-27)26-23(29)31-15-20-18-10-6-4-8-16(18)17-9-5-7-11-19(17)20/h4-11,20-22,28H,12-15H2,1-3H3,(H,26,29)/t21-,22-/m1/s1. The maximum Gasteiger partial charge on any atom is 0.410 e. The third-order valence-electron chi connectivity index (χ3n) is 5.88. The van der Waals surface area contributed by atoms with Crippen molar-refractivity contribution < 1.29 is 24.2 Å². The molecule has 1 fully saturated rings. The van der Waals surface area contributed by atoms with Crippen molar-refractivity contribution in [2.24, 2.45) is 0 Å².